The fraction of sp³-hybridized carbons (Fsp3) is 0.370. The van der Waals surface area contributed by atoms with E-state index in [4.69, 9.17) is 16.3 Å². The van der Waals surface area contributed by atoms with E-state index in [2.05, 4.69) is 31.5 Å². The summed E-state index contributed by atoms with van der Waals surface area (Å²) < 4.78 is 34.7. The van der Waals surface area contributed by atoms with Crippen molar-refractivity contribution in [3.8, 4) is 17.9 Å². The second kappa shape index (κ2) is 11.1. The van der Waals surface area contributed by atoms with Crippen molar-refractivity contribution in [3.63, 3.8) is 0 Å². The number of nitriles is 1. The Hall–Kier alpha value is -2.75. The number of benzene rings is 2. The first-order chi connectivity index (χ1) is 16.9. The number of aromatic nitrogens is 1. The van der Waals surface area contributed by atoms with Crippen molar-refractivity contribution in [3.05, 3.63) is 65.3 Å². The Morgan fingerprint density at radius 1 is 1.14 bits per heavy atom. The number of sulfonamides is 1. The van der Waals surface area contributed by atoms with Gasteiger partial charge in [-0.25, -0.2) is 12.7 Å². The molecular weight excluding hydrogens is 510 g/mol. The Balaban J connectivity index is 2.14. The Kier molecular flexibility index (Phi) is 8.58. The lowest BCUT2D eigenvalue weighted by Gasteiger charge is -2.31. The standard InChI is InChI=1S/C27H32ClN3O3SSi/c1-6-27(16-8-17-29,22-11-13-23(28)14-12-22)30-18-15-24-25(30)9-7-10-26(24)31(35(2,32)33)21-34-19-20-36(3,4)5/h7,9-15,18H,6,19-21H2,1-5H3. The highest BCUT2D eigenvalue weighted by molar-refractivity contribution is 7.92. The quantitative estimate of drug-likeness (QED) is 0.135. The number of hydrogen-bond donors (Lipinski definition) is 0. The second-order valence-corrected chi connectivity index (χ2v) is 17.9. The van der Waals surface area contributed by atoms with E-state index in [9.17, 15) is 13.7 Å². The molecule has 0 amide bonds. The third-order valence-electron chi connectivity index (χ3n) is 6.15. The summed E-state index contributed by atoms with van der Waals surface area (Å²) in [5.41, 5.74) is 1.38. The maximum atomic E-state index is 12.8. The molecule has 1 unspecified atom stereocenters. The van der Waals surface area contributed by atoms with Crippen molar-refractivity contribution in [1.29, 1.82) is 5.26 Å². The Morgan fingerprint density at radius 3 is 2.42 bits per heavy atom. The summed E-state index contributed by atoms with van der Waals surface area (Å²) in [6.07, 6.45) is 3.66. The van der Waals surface area contributed by atoms with Gasteiger partial charge in [-0.1, -0.05) is 62.3 Å². The maximum absolute atomic E-state index is 12.8. The molecule has 0 saturated carbocycles. The first-order valence-corrected chi connectivity index (χ1v) is 17.7. The summed E-state index contributed by atoms with van der Waals surface area (Å²) in [6.45, 7) is 9.22. The predicted octanol–water partition coefficient (Wildman–Crippen LogP) is 6.05. The van der Waals surface area contributed by atoms with Gasteiger partial charge in [0.15, 0.2) is 6.07 Å². The van der Waals surface area contributed by atoms with Gasteiger partial charge in [0.25, 0.3) is 0 Å². The zero-order valence-electron chi connectivity index (χ0n) is 21.4. The fourth-order valence-corrected chi connectivity index (χ4v) is 5.83. The number of nitrogens with zero attached hydrogens (tertiary/aromatic N) is 3. The van der Waals surface area contributed by atoms with Crippen LogP contribution in [0, 0.1) is 23.2 Å². The van der Waals surface area contributed by atoms with Gasteiger partial charge in [-0.2, -0.15) is 5.26 Å². The van der Waals surface area contributed by atoms with Crippen LogP contribution in [0.1, 0.15) is 18.9 Å². The summed E-state index contributed by atoms with van der Waals surface area (Å²) in [6, 6.07) is 17.7. The lowest BCUT2D eigenvalue weighted by atomic mass is 9.87. The van der Waals surface area contributed by atoms with Crippen molar-refractivity contribution < 1.29 is 13.2 Å². The van der Waals surface area contributed by atoms with Crippen LogP contribution in [0.4, 0.5) is 5.69 Å². The Morgan fingerprint density at radius 2 is 1.83 bits per heavy atom. The van der Waals surface area contributed by atoms with Gasteiger partial charge in [-0.3, -0.25) is 0 Å². The van der Waals surface area contributed by atoms with Crippen molar-refractivity contribution in [2.75, 3.05) is 23.9 Å². The number of rotatable bonds is 10. The molecule has 36 heavy (non-hydrogen) atoms. The third-order valence-corrected chi connectivity index (χ3v) is 9.21. The molecule has 1 atom stereocenters. The monoisotopic (exact) mass is 541 g/mol. The minimum atomic E-state index is -3.60. The average molecular weight is 542 g/mol. The molecule has 0 aliphatic rings. The van der Waals surface area contributed by atoms with Crippen LogP contribution >= 0.6 is 11.6 Å². The number of fused-ring (bicyclic) bond motifs is 1. The molecule has 190 valence electrons. The summed E-state index contributed by atoms with van der Waals surface area (Å²) >= 11 is 6.14. The zero-order valence-corrected chi connectivity index (χ0v) is 23.9. The normalized spacial score (nSPS) is 13.5. The fourth-order valence-electron chi connectivity index (χ4n) is 4.16. The largest absolute Gasteiger partial charge is 0.360 e. The van der Waals surface area contributed by atoms with Gasteiger partial charge in [-0.15, -0.1) is 0 Å². The lowest BCUT2D eigenvalue weighted by Crippen LogP contribution is -2.34. The first kappa shape index (κ1) is 27.8. The van der Waals surface area contributed by atoms with Gasteiger partial charge in [0.1, 0.15) is 12.3 Å². The summed E-state index contributed by atoms with van der Waals surface area (Å²) in [7, 11) is -4.91. The molecule has 0 aliphatic carbocycles. The van der Waals surface area contributed by atoms with Crippen LogP contribution < -0.4 is 4.31 Å². The Bertz CT molecular complexity index is 1430. The number of halogens is 1. The molecule has 0 spiro atoms. The highest BCUT2D eigenvalue weighted by atomic mass is 35.5. The lowest BCUT2D eigenvalue weighted by molar-refractivity contribution is 0.156. The highest BCUT2D eigenvalue weighted by Crippen LogP contribution is 2.37. The van der Waals surface area contributed by atoms with Crippen LogP contribution in [-0.2, 0) is 20.3 Å². The molecule has 0 bridgehead atoms. The van der Waals surface area contributed by atoms with Gasteiger partial charge in [0.05, 0.1) is 17.5 Å². The molecule has 9 heteroatoms. The zero-order chi connectivity index (χ0) is 26.6. The highest BCUT2D eigenvalue weighted by Gasteiger charge is 2.32. The van der Waals surface area contributed by atoms with Crippen LogP contribution in [0.5, 0.6) is 0 Å². The molecule has 0 aliphatic heterocycles. The number of anilines is 1. The van der Waals surface area contributed by atoms with Gasteiger partial charge in [0, 0.05) is 37.2 Å². The molecule has 2 aromatic carbocycles. The van der Waals surface area contributed by atoms with E-state index in [1.807, 2.05) is 54.1 Å². The first-order valence-electron chi connectivity index (χ1n) is 11.8. The molecule has 3 aromatic rings. The van der Waals surface area contributed by atoms with E-state index in [1.54, 1.807) is 18.2 Å². The Labute approximate surface area is 220 Å². The topological polar surface area (TPSA) is 75.3 Å². The van der Waals surface area contributed by atoms with Crippen LogP contribution in [-0.4, -0.2) is 40.7 Å². The number of ether oxygens (including phenoxy) is 1. The van der Waals surface area contributed by atoms with Gasteiger partial charge in [-0.05, 0) is 48.4 Å². The molecule has 6 nitrogen and oxygen atoms in total. The molecule has 0 fully saturated rings. The maximum Gasteiger partial charge on any atom is 0.234 e. The predicted molar refractivity (Wildman–Crippen MR) is 150 cm³/mol. The van der Waals surface area contributed by atoms with E-state index in [0.29, 0.717) is 23.7 Å². The molecule has 3 rings (SSSR count). The van der Waals surface area contributed by atoms with Crippen molar-refractivity contribution in [2.24, 2.45) is 0 Å². The second-order valence-electron chi connectivity index (χ2n) is 9.94. The molecule has 0 N–H and O–H groups in total. The van der Waals surface area contributed by atoms with Crippen LogP contribution in [0.15, 0.2) is 54.7 Å². The van der Waals surface area contributed by atoms with Crippen molar-refractivity contribution >= 4 is 46.3 Å². The van der Waals surface area contributed by atoms with E-state index in [0.717, 1.165) is 22.5 Å². The molecule has 0 saturated heterocycles. The minimum absolute atomic E-state index is 0.0576. The third kappa shape index (κ3) is 6.14. The molecule has 1 heterocycles. The molecule has 0 radical (unpaired) electrons. The van der Waals surface area contributed by atoms with E-state index >= 15 is 0 Å². The van der Waals surface area contributed by atoms with Gasteiger partial charge in [0.2, 0.25) is 10.0 Å². The van der Waals surface area contributed by atoms with E-state index in [1.165, 1.54) is 10.6 Å². The van der Waals surface area contributed by atoms with Crippen molar-refractivity contribution in [2.45, 2.75) is 44.6 Å². The van der Waals surface area contributed by atoms with Gasteiger partial charge >= 0.3 is 0 Å². The van der Waals surface area contributed by atoms with Crippen LogP contribution in [0.2, 0.25) is 30.7 Å². The summed E-state index contributed by atoms with van der Waals surface area (Å²) in [4.78, 5) is 0. The van der Waals surface area contributed by atoms with E-state index < -0.39 is 23.6 Å². The van der Waals surface area contributed by atoms with Gasteiger partial charge < -0.3 is 9.30 Å². The summed E-state index contributed by atoms with van der Waals surface area (Å²) in [5, 5.41) is 10.6. The molecule has 1 aromatic heterocycles. The number of hydrogen-bond acceptors (Lipinski definition) is 4. The average Bonchev–Trinajstić information content (AvgIpc) is 3.24. The van der Waals surface area contributed by atoms with Crippen LogP contribution in [0.25, 0.3) is 10.9 Å². The van der Waals surface area contributed by atoms with Crippen LogP contribution in [0.3, 0.4) is 0 Å². The SMILES string of the molecule is CCC(C#CC#N)(c1ccc(Cl)cc1)n1ccc2c(N(COCC[Si](C)(C)C)S(C)(=O)=O)cccc21. The summed E-state index contributed by atoms with van der Waals surface area (Å²) in [5.74, 6) is 5.75. The minimum Gasteiger partial charge on any atom is -0.360 e. The van der Waals surface area contributed by atoms with E-state index in [-0.39, 0.29) is 6.73 Å². The smallest absolute Gasteiger partial charge is 0.234 e. The molecular formula is C27H32ClN3O3SSi. The van der Waals surface area contributed by atoms with Crippen molar-refractivity contribution in [1.82, 2.24) is 4.57 Å².